The van der Waals surface area contributed by atoms with Gasteiger partial charge < -0.3 is 4.74 Å². The molecule has 1 heteroatoms. The number of hydrogen-bond donors (Lipinski definition) is 0. The molecule has 0 saturated heterocycles. The van der Waals surface area contributed by atoms with Crippen LogP contribution in [-0.2, 0) is 0 Å². The third-order valence-electron chi connectivity index (χ3n) is 7.42. The van der Waals surface area contributed by atoms with Gasteiger partial charge in [-0.3, -0.25) is 0 Å². The standard InChI is InChI=1S/C29H42O/c1-3-5-6-9-24-12-18-27(19-13-24)28-20-14-25(15-21-28)10-7-8-11-26-16-22-29(23-17-26)30-4-2/h7,10,16-17,22-25,27-28H,3-6,9,12-15,18-21H2,1-2H3/b10-7+. The maximum absolute atomic E-state index is 5.48. The lowest BCUT2D eigenvalue weighted by Crippen LogP contribution is -2.25. The molecule has 30 heavy (non-hydrogen) atoms. The van der Waals surface area contributed by atoms with Crippen molar-refractivity contribution in [3.05, 3.63) is 42.0 Å². The molecule has 164 valence electrons. The molecule has 0 N–H and O–H groups in total. The second kappa shape index (κ2) is 12.9. The van der Waals surface area contributed by atoms with Crippen LogP contribution in [0.15, 0.2) is 36.4 Å². The molecule has 0 atom stereocenters. The van der Waals surface area contributed by atoms with E-state index in [4.69, 9.17) is 4.74 Å². The second-order valence-electron chi connectivity index (χ2n) is 9.54. The Bertz CT molecular complexity index is 673. The van der Waals surface area contributed by atoms with Crippen molar-refractivity contribution >= 4 is 0 Å². The smallest absolute Gasteiger partial charge is 0.119 e. The average Bonchev–Trinajstić information content (AvgIpc) is 2.79. The highest BCUT2D eigenvalue weighted by Crippen LogP contribution is 2.42. The lowest BCUT2D eigenvalue weighted by Gasteiger charge is -2.37. The number of ether oxygens (including phenoxy) is 1. The minimum Gasteiger partial charge on any atom is -0.494 e. The van der Waals surface area contributed by atoms with Crippen LogP contribution in [0.25, 0.3) is 0 Å². The zero-order chi connectivity index (χ0) is 21.0. The quantitative estimate of drug-likeness (QED) is 0.312. The normalized spacial score (nSPS) is 26.9. The van der Waals surface area contributed by atoms with Crippen molar-refractivity contribution < 1.29 is 4.74 Å². The van der Waals surface area contributed by atoms with Gasteiger partial charge in [-0.2, -0.15) is 0 Å². The summed E-state index contributed by atoms with van der Waals surface area (Å²) >= 11 is 0. The predicted octanol–water partition coefficient (Wildman–Crippen LogP) is 8.19. The van der Waals surface area contributed by atoms with Gasteiger partial charge in [0, 0.05) is 5.56 Å². The minimum atomic E-state index is 0.705. The largest absolute Gasteiger partial charge is 0.494 e. The Morgan fingerprint density at radius 1 is 0.867 bits per heavy atom. The first-order valence-corrected chi connectivity index (χ1v) is 12.7. The summed E-state index contributed by atoms with van der Waals surface area (Å²) < 4.78 is 5.48. The summed E-state index contributed by atoms with van der Waals surface area (Å²) in [6, 6.07) is 8.07. The van der Waals surface area contributed by atoms with Gasteiger partial charge >= 0.3 is 0 Å². The SMILES string of the molecule is CCCCCC1CCC(C2CCC(/C=C/C#Cc3ccc(OCC)cc3)CC2)CC1. The molecule has 0 radical (unpaired) electrons. The maximum atomic E-state index is 5.48. The summed E-state index contributed by atoms with van der Waals surface area (Å²) in [5.41, 5.74) is 1.05. The summed E-state index contributed by atoms with van der Waals surface area (Å²) in [6.07, 6.45) is 21.8. The molecule has 0 spiro atoms. The number of rotatable bonds is 8. The fourth-order valence-corrected chi connectivity index (χ4v) is 5.55. The van der Waals surface area contributed by atoms with Crippen molar-refractivity contribution in [1.29, 1.82) is 0 Å². The van der Waals surface area contributed by atoms with Crippen molar-refractivity contribution in [3.63, 3.8) is 0 Å². The van der Waals surface area contributed by atoms with Crippen LogP contribution in [0.4, 0.5) is 0 Å². The summed E-state index contributed by atoms with van der Waals surface area (Å²) in [6.45, 7) is 5.03. The van der Waals surface area contributed by atoms with Crippen LogP contribution < -0.4 is 4.74 Å². The third-order valence-corrected chi connectivity index (χ3v) is 7.42. The minimum absolute atomic E-state index is 0.705. The van der Waals surface area contributed by atoms with Gasteiger partial charge in [0.25, 0.3) is 0 Å². The van der Waals surface area contributed by atoms with Gasteiger partial charge in [0.05, 0.1) is 6.61 Å². The molecule has 1 nitrogen and oxygen atoms in total. The first kappa shape index (κ1) is 23.0. The van der Waals surface area contributed by atoms with Crippen molar-refractivity contribution in [2.75, 3.05) is 6.61 Å². The van der Waals surface area contributed by atoms with Gasteiger partial charge in [-0.25, -0.2) is 0 Å². The van der Waals surface area contributed by atoms with Crippen LogP contribution in [0.2, 0.25) is 0 Å². The molecule has 3 rings (SSSR count). The molecular weight excluding hydrogens is 364 g/mol. The maximum Gasteiger partial charge on any atom is 0.119 e. The van der Waals surface area contributed by atoms with E-state index >= 15 is 0 Å². The van der Waals surface area contributed by atoms with E-state index in [0.717, 1.165) is 35.0 Å². The van der Waals surface area contributed by atoms with Crippen molar-refractivity contribution in [2.45, 2.75) is 90.9 Å². The van der Waals surface area contributed by atoms with Gasteiger partial charge in [-0.15, -0.1) is 0 Å². The van der Waals surface area contributed by atoms with Crippen LogP contribution in [0.3, 0.4) is 0 Å². The molecule has 0 bridgehead atoms. The van der Waals surface area contributed by atoms with E-state index in [-0.39, 0.29) is 0 Å². The van der Waals surface area contributed by atoms with E-state index < -0.39 is 0 Å². The van der Waals surface area contributed by atoms with Crippen molar-refractivity contribution in [2.24, 2.45) is 23.7 Å². The topological polar surface area (TPSA) is 9.23 Å². The highest BCUT2D eigenvalue weighted by atomic mass is 16.5. The van der Waals surface area contributed by atoms with Crippen LogP contribution in [0.1, 0.15) is 96.5 Å². The first-order valence-electron chi connectivity index (χ1n) is 12.7. The Morgan fingerprint density at radius 3 is 2.17 bits per heavy atom. The second-order valence-corrected chi connectivity index (χ2v) is 9.54. The zero-order valence-corrected chi connectivity index (χ0v) is 19.4. The van der Waals surface area contributed by atoms with Crippen LogP contribution in [0.5, 0.6) is 5.75 Å². The van der Waals surface area contributed by atoms with Gasteiger partial charge in [0.2, 0.25) is 0 Å². The van der Waals surface area contributed by atoms with Gasteiger partial charge in [0.15, 0.2) is 0 Å². The highest BCUT2D eigenvalue weighted by molar-refractivity contribution is 5.40. The summed E-state index contributed by atoms with van der Waals surface area (Å²) in [5.74, 6) is 11.2. The summed E-state index contributed by atoms with van der Waals surface area (Å²) in [7, 11) is 0. The first-order chi connectivity index (χ1) is 14.8. The molecule has 0 unspecified atom stereocenters. The molecule has 2 aliphatic carbocycles. The molecule has 0 aromatic heterocycles. The molecule has 1 aromatic carbocycles. The average molecular weight is 407 g/mol. The van der Waals surface area contributed by atoms with E-state index in [1.54, 1.807) is 0 Å². The molecule has 2 fully saturated rings. The van der Waals surface area contributed by atoms with E-state index in [1.807, 2.05) is 31.2 Å². The fraction of sp³-hybridized carbons (Fsp3) is 0.655. The van der Waals surface area contributed by atoms with Crippen molar-refractivity contribution in [1.82, 2.24) is 0 Å². The lowest BCUT2D eigenvalue weighted by atomic mass is 9.68. The molecule has 0 aliphatic heterocycles. The zero-order valence-electron chi connectivity index (χ0n) is 19.4. The lowest BCUT2D eigenvalue weighted by molar-refractivity contribution is 0.151. The Morgan fingerprint density at radius 2 is 1.53 bits per heavy atom. The summed E-state index contributed by atoms with van der Waals surface area (Å²) in [4.78, 5) is 0. The number of allylic oxidation sites excluding steroid dienone is 2. The Kier molecular flexibility index (Phi) is 9.88. The Balaban J connectivity index is 1.35. The number of unbranched alkanes of at least 4 members (excludes halogenated alkanes) is 2. The van der Waals surface area contributed by atoms with E-state index in [1.165, 1.54) is 77.0 Å². The van der Waals surface area contributed by atoms with Crippen LogP contribution in [-0.4, -0.2) is 6.61 Å². The predicted molar refractivity (Wildman–Crippen MR) is 129 cm³/mol. The summed E-state index contributed by atoms with van der Waals surface area (Å²) in [5, 5.41) is 0. The van der Waals surface area contributed by atoms with E-state index in [9.17, 15) is 0 Å². The fourth-order valence-electron chi connectivity index (χ4n) is 5.55. The third kappa shape index (κ3) is 7.54. The number of hydrogen-bond acceptors (Lipinski definition) is 1. The van der Waals surface area contributed by atoms with E-state index in [2.05, 4.69) is 30.9 Å². The molecule has 2 saturated carbocycles. The monoisotopic (exact) mass is 406 g/mol. The molecule has 0 amide bonds. The van der Waals surface area contributed by atoms with Crippen LogP contribution in [0, 0.1) is 35.5 Å². The Hall–Kier alpha value is -1.68. The molecule has 0 heterocycles. The molecule has 2 aliphatic rings. The highest BCUT2D eigenvalue weighted by Gasteiger charge is 2.30. The molecular formula is C29H42O. The Labute approximate surface area is 185 Å². The number of benzene rings is 1. The van der Waals surface area contributed by atoms with Gasteiger partial charge in [-0.05, 0) is 99.5 Å². The van der Waals surface area contributed by atoms with Crippen molar-refractivity contribution in [3.8, 4) is 17.6 Å². The molecule has 1 aromatic rings. The van der Waals surface area contributed by atoms with Gasteiger partial charge in [-0.1, -0.05) is 63.4 Å². The van der Waals surface area contributed by atoms with Gasteiger partial charge in [0.1, 0.15) is 5.75 Å². The van der Waals surface area contributed by atoms with Crippen LogP contribution >= 0.6 is 0 Å². The van der Waals surface area contributed by atoms with E-state index in [0.29, 0.717) is 6.61 Å².